The lowest BCUT2D eigenvalue weighted by molar-refractivity contribution is -0.117. The highest BCUT2D eigenvalue weighted by Gasteiger charge is 2.40. The molecule has 0 radical (unpaired) electrons. The highest BCUT2D eigenvalue weighted by Crippen LogP contribution is 2.49. The van der Waals surface area contributed by atoms with Crippen molar-refractivity contribution in [2.24, 2.45) is 17.8 Å². The average molecular weight is 340 g/mol. The Morgan fingerprint density at radius 3 is 2.85 bits per heavy atom. The van der Waals surface area contributed by atoms with Crippen molar-refractivity contribution in [3.05, 3.63) is 28.0 Å². The van der Waals surface area contributed by atoms with Gasteiger partial charge in [-0.3, -0.25) is 4.79 Å². The number of anilines is 1. The van der Waals surface area contributed by atoms with Gasteiger partial charge in [0.15, 0.2) is 0 Å². The summed E-state index contributed by atoms with van der Waals surface area (Å²) in [6.07, 6.45) is 5.72. The Labute approximate surface area is 127 Å². The maximum atomic E-state index is 13.5. The molecule has 2 aliphatic rings. The first-order valence-electron chi connectivity index (χ1n) is 7.28. The molecule has 108 valence electrons. The van der Waals surface area contributed by atoms with Gasteiger partial charge in [-0.15, -0.1) is 0 Å². The van der Waals surface area contributed by atoms with E-state index in [4.69, 9.17) is 0 Å². The standard InChI is InChI=1S/C16H19BrFNO/c1-9-4-13(17)14(18)8-15(9)19-16(20)7-12-6-10-2-3-11(12)5-10/h4,8,10-12H,2-3,5-7H2,1H3,(H,19,20). The van der Waals surface area contributed by atoms with Gasteiger partial charge in [0, 0.05) is 12.1 Å². The fraction of sp³-hybridized carbons (Fsp3) is 0.562. The van der Waals surface area contributed by atoms with Gasteiger partial charge < -0.3 is 5.32 Å². The van der Waals surface area contributed by atoms with Crippen LogP contribution in [0.3, 0.4) is 0 Å². The Hall–Kier alpha value is -0.900. The van der Waals surface area contributed by atoms with Gasteiger partial charge in [0.1, 0.15) is 5.82 Å². The van der Waals surface area contributed by atoms with Gasteiger partial charge in [0.05, 0.1) is 4.47 Å². The van der Waals surface area contributed by atoms with E-state index in [2.05, 4.69) is 21.2 Å². The molecule has 0 aromatic heterocycles. The lowest BCUT2D eigenvalue weighted by Crippen LogP contribution is -2.20. The monoisotopic (exact) mass is 339 g/mol. The predicted molar refractivity (Wildman–Crippen MR) is 81.0 cm³/mol. The summed E-state index contributed by atoms with van der Waals surface area (Å²) in [6, 6.07) is 3.08. The van der Waals surface area contributed by atoms with Crippen molar-refractivity contribution in [1.82, 2.24) is 0 Å². The molecule has 3 unspecified atom stereocenters. The number of halogens is 2. The zero-order valence-electron chi connectivity index (χ0n) is 11.6. The first-order valence-corrected chi connectivity index (χ1v) is 8.07. The van der Waals surface area contributed by atoms with Gasteiger partial charge in [-0.25, -0.2) is 4.39 Å². The number of fused-ring (bicyclic) bond motifs is 2. The molecule has 20 heavy (non-hydrogen) atoms. The fourth-order valence-corrected chi connectivity index (χ4v) is 4.30. The second kappa shape index (κ2) is 5.47. The second-order valence-electron chi connectivity index (χ2n) is 6.27. The van der Waals surface area contributed by atoms with E-state index >= 15 is 0 Å². The number of nitrogens with one attached hydrogen (secondary N) is 1. The molecule has 2 saturated carbocycles. The molecule has 1 aromatic carbocycles. The van der Waals surface area contributed by atoms with Gasteiger partial charge in [-0.1, -0.05) is 6.42 Å². The van der Waals surface area contributed by atoms with Crippen molar-refractivity contribution in [1.29, 1.82) is 0 Å². The highest BCUT2D eigenvalue weighted by molar-refractivity contribution is 9.10. The number of rotatable bonds is 3. The Kier molecular flexibility index (Phi) is 3.85. The third-order valence-corrected chi connectivity index (χ3v) is 5.48. The Morgan fingerprint density at radius 2 is 2.20 bits per heavy atom. The predicted octanol–water partition coefficient (Wildman–Crippen LogP) is 4.66. The number of carbonyl (C=O) groups excluding carboxylic acids is 1. The van der Waals surface area contributed by atoms with Crippen LogP contribution in [0.15, 0.2) is 16.6 Å². The molecule has 0 aliphatic heterocycles. The minimum Gasteiger partial charge on any atom is -0.326 e. The SMILES string of the molecule is Cc1cc(Br)c(F)cc1NC(=O)CC1CC2CCC1C2. The molecule has 2 fully saturated rings. The summed E-state index contributed by atoms with van der Waals surface area (Å²) in [5.41, 5.74) is 1.46. The van der Waals surface area contributed by atoms with Crippen LogP contribution in [-0.4, -0.2) is 5.91 Å². The van der Waals surface area contributed by atoms with Crippen LogP contribution in [0.4, 0.5) is 10.1 Å². The summed E-state index contributed by atoms with van der Waals surface area (Å²) in [5.74, 6) is 1.81. The van der Waals surface area contributed by atoms with E-state index in [9.17, 15) is 9.18 Å². The molecular formula is C16H19BrFNO. The van der Waals surface area contributed by atoms with Gasteiger partial charge in [0.25, 0.3) is 0 Å². The van der Waals surface area contributed by atoms with E-state index in [0.29, 0.717) is 22.5 Å². The molecule has 3 atom stereocenters. The first-order chi connectivity index (χ1) is 9.52. The Bertz CT molecular complexity index is 546. The summed E-state index contributed by atoms with van der Waals surface area (Å²) in [6.45, 7) is 1.87. The zero-order valence-corrected chi connectivity index (χ0v) is 13.2. The van der Waals surface area contributed by atoms with E-state index in [0.717, 1.165) is 17.4 Å². The number of carbonyl (C=O) groups is 1. The van der Waals surface area contributed by atoms with E-state index in [1.807, 2.05) is 6.92 Å². The number of hydrogen-bond donors (Lipinski definition) is 1. The number of aryl methyl sites for hydroxylation is 1. The van der Waals surface area contributed by atoms with E-state index in [1.165, 1.54) is 31.7 Å². The smallest absolute Gasteiger partial charge is 0.224 e. The molecule has 2 bridgehead atoms. The minimum absolute atomic E-state index is 0.0207. The maximum Gasteiger partial charge on any atom is 0.224 e. The molecule has 3 rings (SSSR count). The molecule has 2 nitrogen and oxygen atoms in total. The summed E-state index contributed by atoms with van der Waals surface area (Å²) in [5, 5.41) is 2.86. The van der Waals surface area contributed by atoms with Gasteiger partial charge in [-0.2, -0.15) is 0 Å². The third-order valence-electron chi connectivity index (χ3n) is 4.87. The summed E-state index contributed by atoms with van der Waals surface area (Å²) < 4.78 is 14.0. The molecule has 0 heterocycles. The number of amides is 1. The van der Waals surface area contributed by atoms with Crippen LogP contribution >= 0.6 is 15.9 Å². The molecule has 1 amide bonds. The summed E-state index contributed by atoms with van der Waals surface area (Å²) in [7, 11) is 0. The maximum absolute atomic E-state index is 13.5. The van der Waals surface area contributed by atoms with Crippen LogP contribution in [0.1, 0.15) is 37.7 Å². The Morgan fingerprint density at radius 1 is 1.40 bits per heavy atom. The number of hydrogen-bond acceptors (Lipinski definition) is 1. The molecule has 4 heteroatoms. The van der Waals surface area contributed by atoms with E-state index in [-0.39, 0.29) is 11.7 Å². The van der Waals surface area contributed by atoms with Crippen LogP contribution in [0, 0.1) is 30.5 Å². The molecule has 0 spiro atoms. The minimum atomic E-state index is -0.342. The van der Waals surface area contributed by atoms with Crippen molar-refractivity contribution >= 4 is 27.5 Å². The summed E-state index contributed by atoms with van der Waals surface area (Å²) >= 11 is 3.15. The van der Waals surface area contributed by atoms with Crippen LogP contribution in [0.5, 0.6) is 0 Å². The van der Waals surface area contributed by atoms with Crippen molar-refractivity contribution in [2.75, 3.05) is 5.32 Å². The van der Waals surface area contributed by atoms with Gasteiger partial charge in [0.2, 0.25) is 5.91 Å². The van der Waals surface area contributed by atoms with Crippen LogP contribution in [-0.2, 0) is 4.79 Å². The van der Waals surface area contributed by atoms with Crippen LogP contribution < -0.4 is 5.32 Å². The summed E-state index contributed by atoms with van der Waals surface area (Å²) in [4.78, 5) is 12.1. The normalized spacial score (nSPS) is 27.9. The molecule has 1 aromatic rings. The topological polar surface area (TPSA) is 29.1 Å². The largest absolute Gasteiger partial charge is 0.326 e. The van der Waals surface area contributed by atoms with Crippen molar-refractivity contribution in [3.63, 3.8) is 0 Å². The second-order valence-corrected chi connectivity index (χ2v) is 7.12. The van der Waals surface area contributed by atoms with Crippen LogP contribution in [0.2, 0.25) is 0 Å². The molecule has 2 aliphatic carbocycles. The van der Waals surface area contributed by atoms with Crippen molar-refractivity contribution in [2.45, 2.75) is 39.0 Å². The van der Waals surface area contributed by atoms with Gasteiger partial charge >= 0.3 is 0 Å². The molecule has 1 N–H and O–H groups in total. The molecular weight excluding hydrogens is 321 g/mol. The van der Waals surface area contributed by atoms with E-state index in [1.54, 1.807) is 6.07 Å². The highest BCUT2D eigenvalue weighted by atomic mass is 79.9. The van der Waals surface area contributed by atoms with Crippen LogP contribution in [0.25, 0.3) is 0 Å². The zero-order chi connectivity index (χ0) is 14.3. The van der Waals surface area contributed by atoms with Crippen molar-refractivity contribution < 1.29 is 9.18 Å². The number of benzene rings is 1. The van der Waals surface area contributed by atoms with Crippen molar-refractivity contribution in [3.8, 4) is 0 Å². The lowest BCUT2D eigenvalue weighted by atomic mass is 9.86. The fourth-order valence-electron chi connectivity index (χ4n) is 3.85. The first kappa shape index (κ1) is 14.1. The quantitative estimate of drug-likeness (QED) is 0.852. The third kappa shape index (κ3) is 2.76. The molecule has 0 saturated heterocycles. The van der Waals surface area contributed by atoms with E-state index < -0.39 is 0 Å². The lowest BCUT2D eigenvalue weighted by Gasteiger charge is -2.21. The average Bonchev–Trinajstić information content (AvgIpc) is 2.98. The van der Waals surface area contributed by atoms with Gasteiger partial charge in [-0.05, 0) is 77.6 Å². The Balaban J connectivity index is 1.63.